The van der Waals surface area contributed by atoms with E-state index < -0.39 is 5.92 Å². The van der Waals surface area contributed by atoms with E-state index in [9.17, 15) is 13.6 Å². The predicted molar refractivity (Wildman–Crippen MR) is 147 cm³/mol. The number of carbonyl (C=O) groups is 1. The molecule has 3 N–H and O–H groups in total. The normalized spacial score (nSPS) is 19.9. The maximum absolute atomic E-state index is 13.7. The summed E-state index contributed by atoms with van der Waals surface area (Å²) in [5, 5.41) is 8.33. The second kappa shape index (κ2) is 11.2. The highest BCUT2D eigenvalue weighted by atomic mass is 19.3. The second-order valence-corrected chi connectivity index (χ2v) is 11.3. The summed E-state index contributed by atoms with van der Waals surface area (Å²) in [5.74, 6) is -1.33. The standard InChI is InChI=1S/C22H29F2N3O.C8H9NO/c1-21(2,3)27-20(11-19(26-27)14-6-8-18(10-14)28-4)25-17-7-5-15-12-22(23,24)13-16(15)9-17;9-8-3-1-7(2-4-8)5-6-10/h5,7,9,11,14,18,25H,6,8,10,12-13H2,1-4H3;1-4,6H,5,9H2. The predicted octanol–water partition coefficient (Wildman–Crippen LogP) is 6.41. The summed E-state index contributed by atoms with van der Waals surface area (Å²) in [4.78, 5) is 10.0. The van der Waals surface area contributed by atoms with Gasteiger partial charge in [0.25, 0.3) is 5.92 Å². The van der Waals surface area contributed by atoms with Crippen molar-refractivity contribution in [2.75, 3.05) is 18.2 Å². The number of alkyl halides is 2. The molecule has 2 aromatic carbocycles. The molecule has 2 unspecified atom stereocenters. The fraction of sp³-hybridized carbons (Fsp3) is 0.467. The molecule has 0 bridgehead atoms. The molecular formula is C30H38F2N4O2. The zero-order valence-electron chi connectivity index (χ0n) is 22.6. The van der Waals surface area contributed by atoms with E-state index in [4.69, 9.17) is 15.6 Å². The van der Waals surface area contributed by atoms with E-state index in [2.05, 4.69) is 32.2 Å². The highest BCUT2D eigenvalue weighted by Crippen LogP contribution is 2.39. The molecule has 2 aliphatic rings. The first-order valence-electron chi connectivity index (χ1n) is 13.2. The van der Waals surface area contributed by atoms with E-state index >= 15 is 0 Å². The number of nitrogens with zero attached hydrogens (tertiary/aromatic N) is 2. The van der Waals surface area contributed by atoms with Crippen molar-refractivity contribution in [1.82, 2.24) is 9.78 Å². The number of nitrogen functional groups attached to an aromatic ring is 1. The fourth-order valence-corrected chi connectivity index (χ4v) is 5.18. The van der Waals surface area contributed by atoms with Crippen molar-refractivity contribution >= 4 is 23.5 Å². The smallest absolute Gasteiger partial charge is 0.256 e. The summed E-state index contributed by atoms with van der Waals surface area (Å²) in [7, 11) is 1.77. The molecule has 0 spiro atoms. The lowest BCUT2D eigenvalue weighted by Crippen LogP contribution is -2.24. The molecule has 3 aromatic rings. The Hall–Kier alpha value is -3.26. The van der Waals surface area contributed by atoms with Crippen molar-refractivity contribution in [3.8, 4) is 0 Å². The number of ether oxygens (including phenoxy) is 1. The van der Waals surface area contributed by atoms with Crippen molar-refractivity contribution in [2.24, 2.45) is 0 Å². The van der Waals surface area contributed by atoms with Crippen LogP contribution in [0.25, 0.3) is 0 Å². The average molecular weight is 525 g/mol. The lowest BCUT2D eigenvalue weighted by molar-refractivity contribution is -0.107. The monoisotopic (exact) mass is 524 g/mol. The van der Waals surface area contributed by atoms with Gasteiger partial charge in [0.15, 0.2) is 0 Å². The fourth-order valence-electron chi connectivity index (χ4n) is 5.18. The van der Waals surface area contributed by atoms with E-state index in [1.165, 1.54) is 0 Å². The molecule has 0 amide bonds. The molecule has 1 aromatic heterocycles. The molecule has 2 atom stereocenters. The number of benzene rings is 2. The van der Waals surface area contributed by atoms with Gasteiger partial charge in [-0.15, -0.1) is 0 Å². The number of methoxy groups -OCH3 is 1. The summed E-state index contributed by atoms with van der Waals surface area (Å²) in [5.41, 5.74) is 10.4. The van der Waals surface area contributed by atoms with Crippen molar-refractivity contribution in [3.63, 3.8) is 0 Å². The van der Waals surface area contributed by atoms with Gasteiger partial charge in [0, 0.05) is 49.7 Å². The molecule has 1 fully saturated rings. The van der Waals surface area contributed by atoms with Gasteiger partial charge in [0.05, 0.1) is 17.3 Å². The van der Waals surface area contributed by atoms with Crippen LogP contribution in [0.15, 0.2) is 48.5 Å². The van der Waals surface area contributed by atoms with Crippen LogP contribution in [0.5, 0.6) is 0 Å². The third-order valence-corrected chi connectivity index (χ3v) is 7.18. The lowest BCUT2D eigenvalue weighted by atomic mass is 10.0. The number of carbonyl (C=O) groups excluding carboxylic acids is 1. The molecule has 2 aliphatic carbocycles. The number of nitrogens with two attached hydrogens (primary N) is 1. The molecule has 204 valence electrons. The largest absolute Gasteiger partial charge is 0.399 e. The average Bonchev–Trinajstić information content (AvgIpc) is 3.56. The molecule has 0 saturated heterocycles. The summed E-state index contributed by atoms with van der Waals surface area (Å²) in [6.07, 6.45) is 4.45. The van der Waals surface area contributed by atoms with E-state index in [0.717, 1.165) is 65.1 Å². The number of hydrogen-bond acceptors (Lipinski definition) is 5. The Labute approximate surface area is 223 Å². The third-order valence-electron chi connectivity index (χ3n) is 7.18. The van der Waals surface area contributed by atoms with Crippen LogP contribution in [0, 0.1) is 0 Å². The highest BCUT2D eigenvalue weighted by molar-refractivity contribution is 5.60. The van der Waals surface area contributed by atoms with Crippen LogP contribution in [0.3, 0.4) is 0 Å². The van der Waals surface area contributed by atoms with Crippen molar-refractivity contribution in [3.05, 3.63) is 70.9 Å². The number of halogens is 2. The first-order valence-corrected chi connectivity index (χ1v) is 13.2. The molecule has 6 nitrogen and oxygen atoms in total. The lowest BCUT2D eigenvalue weighted by Gasteiger charge is -2.23. The molecule has 5 rings (SSSR count). The zero-order chi connectivity index (χ0) is 27.5. The number of aldehydes is 1. The van der Waals surface area contributed by atoms with Gasteiger partial charge in [-0.1, -0.05) is 18.2 Å². The quantitative estimate of drug-likeness (QED) is 0.288. The maximum atomic E-state index is 13.7. The van der Waals surface area contributed by atoms with E-state index in [1.54, 1.807) is 19.2 Å². The van der Waals surface area contributed by atoms with E-state index in [0.29, 0.717) is 18.4 Å². The Kier molecular flexibility index (Phi) is 8.21. The highest BCUT2D eigenvalue weighted by Gasteiger charge is 2.37. The van der Waals surface area contributed by atoms with Crippen LogP contribution in [-0.4, -0.2) is 35.2 Å². The molecule has 1 saturated carbocycles. The summed E-state index contributed by atoms with van der Waals surface area (Å²) in [6.45, 7) is 6.35. The Morgan fingerprint density at radius 2 is 1.82 bits per heavy atom. The van der Waals surface area contributed by atoms with Gasteiger partial charge in [0.1, 0.15) is 12.1 Å². The van der Waals surface area contributed by atoms with Crippen LogP contribution in [-0.2, 0) is 34.3 Å². The van der Waals surface area contributed by atoms with Crippen molar-refractivity contribution < 1.29 is 18.3 Å². The minimum atomic E-state index is -2.62. The van der Waals surface area contributed by atoms with Crippen LogP contribution in [0.4, 0.5) is 26.0 Å². The maximum Gasteiger partial charge on any atom is 0.256 e. The Balaban J connectivity index is 0.000000283. The second-order valence-electron chi connectivity index (χ2n) is 11.3. The number of fused-ring (bicyclic) bond motifs is 1. The zero-order valence-corrected chi connectivity index (χ0v) is 22.6. The van der Waals surface area contributed by atoms with Crippen LogP contribution in [0.2, 0.25) is 0 Å². The molecule has 0 radical (unpaired) electrons. The van der Waals surface area contributed by atoms with Gasteiger partial charge in [-0.25, -0.2) is 13.5 Å². The van der Waals surface area contributed by atoms with E-state index in [1.807, 2.05) is 35.0 Å². The van der Waals surface area contributed by atoms with Crippen molar-refractivity contribution in [1.29, 1.82) is 0 Å². The number of nitrogens with one attached hydrogen (secondary N) is 1. The topological polar surface area (TPSA) is 82.2 Å². The Morgan fingerprint density at radius 1 is 1.11 bits per heavy atom. The minimum absolute atomic E-state index is 0.158. The van der Waals surface area contributed by atoms with Crippen LogP contribution >= 0.6 is 0 Å². The first kappa shape index (κ1) is 27.8. The number of rotatable bonds is 6. The SMILES string of the molecule is COC1CCC(c2cc(Nc3ccc4c(c3)CC(F)(F)C4)n(C(C)(C)C)n2)C1.Nc1ccc(CC=O)cc1. The van der Waals surface area contributed by atoms with Gasteiger partial charge in [-0.3, -0.25) is 0 Å². The minimum Gasteiger partial charge on any atom is -0.399 e. The Morgan fingerprint density at radius 3 is 2.45 bits per heavy atom. The number of anilines is 3. The van der Waals surface area contributed by atoms with Gasteiger partial charge < -0.3 is 20.6 Å². The summed E-state index contributed by atoms with van der Waals surface area (Å²) in [6, 6.07) is 14.9. The van der Waals surface area contributed by atoms with Gasteiger partial charge in [0.2, 0.25) is 0 Å². The first-order chi connectivity index (χ1) is 18.0. The van der Waals surface area contributed by atoms with Gasteiger partial charge in [-0.2, -0.15) is 5.10 Å². The molecule has 8 heteroatoms. The summed E-state index contributed by atoms with van der Waals surface area (Å²) < 4.78 is 34.9. The van der Waals surface area contributed by atoms with Gasteiger partial charge >= 0.3 is 0 Å². The molecular weight excluding hydrogens is 486 g/mol. The van der Waals surface area contributed by atoms with E-state index in [-0.39, 0.29) is 18.4 Å². The molecule has 38 heavy (non-hydrogen) atoms. The van der Waals surface area contributed by atoms with Crippen molar-refractivity contribution in [2.45, 2.75) is 82.8 Å². The van der Waals surface area contributed by atoms with Gasteiger partial charge in [-0.05, 0) is 81.0 Å². The number of aromatic nitrogens is 2. The Bertz CT molecular complexity index is 1250. The van der Waals surface area contributed by atoms with Crippen LogP contribution < -0.4 is 11.1 Å². The molecule has 1 heterocycles. The number of hydrogen-bond donors (Lipinski definition) is 2. The molecule has 0 aliphatic heterocycles. The third kappa shape index (κ3) is 6.78. The van der Waals surface area contributed by atoms with Crippen LogP contribution in [0.1, 0.15) is 68.3 Å². The summed E-state index contributed by atoms with van der Waals surface area (Å²) >= 11 is 0.